The van der Waals surface area contributed by atoms with Crippen LogP contribution < -0.4 is 10.5 Å². The third kappa shape index (κ3) is 3.81. The van der Waals surface area contributed by atoms with E-state index in [9.17, 15) is 17.6 Å². The largest absolute Gasteiger partial charge is 0.487 e. The minimum Gasteiger partial charge on any atom is -0.487 e. The summed E-state index contributed by atoms with van der Waals surface area (Å²) in [5, 5.41) is 6.80. The Hall–Kier alpha value is -2.64. The second-order valence-corrected chi connectivity index (χ2v) is 4.93. The van der Waals surface area contributed by atoms with Crippen LogP contribution in [0.25, 0.3) is 0 Å². The van der Waals surface area contributed by atoms with E-state index in [1.54, 1.807) is 0 Å². The third-order valence-electron chi connectivity index (χ3n) is 3.10. The molecule has 2 aromatic carbocycles. The van der Waals surface area contributed by atoms with Gasteiger partial charge in [-0.25, -0.2) is 8.78 Å². The number of hydrogen-bond donors (Lipinski definition) is 1. The van der Waals surface area contributed by atoms with Gasteiger partial charge in [0, 0.05) is 5.69 Å². The molecule has 128 valence electrons. The van der Waals surface area contributed by atoms with E-state index in [1.165, 1.54) is 24.3 Å². The lowest BCUT2D eigenvalue weighted by atomic mass is 10.2. The van der Waals surface area contributed by atoms with Gasteiger partial charge in [-0.05, 0) is 30.7 Å². The van der Waals surface area contributed by atoms with Crippen LogP contribution in [0.15, 0.2) is 34.5 Å². The van der Waals surface area contributed by atoms with Crippen LogP contribution in [0.5, 0.6) is 5.75 Å². The minimum atomic E-state index is -1.67. The van der Waals surface area contributed by atoms with Crippen molar-refractivity contribution < 1.29 is 22.3 Å². The van der Waals surface area contributed by atoms with Crippen LogP contribution in [0.1, 0.15) is 19.8 Å². The van der Waals surface area contributed by atoms with Crippen LogP contribution in [-0.2, 0) is 0 Å². The SMILES string of the molecule is CCCCOc1c(F)c(F)c(N=Nc2ccc(N)cc2)c(F)c1F. The number of unbranched alkanes of at least 4 members (excludes halogenated alkanes) is 1. The second-order valence-electron chi connectivity index (χ2n) is 4.93. The number of anilines is 1. The zero-order valence-electron chi connectivity index (χ0n) is 12.8. The van der Waals surface area contributed by atoms with E-state index in [-0.39, 0.29) is 12.3 Å². The lowest BCUT2D eigenvalue weighted by molar-refractivity contribution is 0.267. The molecule has 0 aliphatic rings. The average Bonchev–Trinajstić information content (AvgIpc) is 2.58. The number of benzene rings is 2. The molecule has 2 N–H and O–H groups in total. The van der Waals surface area contributed by atoms with Gasteiger partial charge in [-0.3, -0.25) is 0 Å². The molecule has 0 saturated heterocycles. The quantitative estimate of drug-likeness (QED) is 0.251. The lowest BCUT2D eigenvalue weighted by Gasteiger charge is -2.10. The molecule has 0 fully saturated rings. The highest BCUT2D eigenvalue weighted by atomic mass is 19.2. The van der Waals surface area contributed by atoms with Crippen LogP contribution in [0.3, 0.4) is 0 Å². The number of ether oxygens (including phenoxy) is 1. The summed E-state index contributed by atoms with van der Waals surface area (Å²) in [6.45, 7) is 1.77. The van der Waals surface area contributed by atoms with Crippen LogP contribution in [0.2, 0.25) is 0 Å². The summed E-state index contributed by atoms with van der Waals surface area (Å²) in [5.74, 6) is -7.71. The minimum absolute atomic E-state index is 0.0600. The Morgan fingerprint density at radius 1 is 0.917 bits per heavy atom. The highest BCUT2D eigenvalue weighted by molar-refractivity contribution is 5.50. The number of halogens is 4. The molecule has 0 aromatic heterocycles. The van der Waals surface area contributed by atoms with Crippen molar-refractivity contribution in [3.8, 4) is 5.75 Å². The summed E-state index contributed by atoms with van der Waals surface area (Å²) in [6.07, 6.45) is 1.18. The van der Waals surface area contributed by atoms with Crippen LogP contribution in [-0.4, -0.2) is 6.61 Å². The van der Waals surface area contributed by atoms with Gasteiger partial charge < -0.3 is 10.5 Å². The van der Waals surface area contributed by atoms with Gasteiger partial charge in [-0.15, -0.1) is 5.11 Å². The predicted octanol–water partition coefficient (Wildman–Crippen LogP) is 5.42. The summed E-state index contributed by atoms with van der Waals surface area (Å²) in [7, 11) is 0. The molecule has 0 radical (unpaired) electrons. The van der Waals surface area contributed by atoms with E-state index in [0.29, 0.717) is 18.5 Å². The van der Waals surface area contributed by atoms with Crippen molar-refractivity contribution in [2.45, 2.75) is 19.8 Å². The van der Waals surface area contributed by atoms with Gasteiger partial charge in [-0.2, -0.15) is 13.9 Å². The highest BCUT2D eigenvalue weighted by Gasteiger charge is 2.27. The molecular formula is C16H15F4N3O. The van der Waals surface area contributed by atoms with Gasteiger partial charge in [0.2, 0.25) is 11.6 Å². The first-order chi connectivity index (χ1) is 11.5. The highest BCUT2D eigenvalue weighted by Crippen LogP contribution is 2.35. The fourth-order valence-corrected chi connectivity index (χ4v) is 1.78. The van der Waals surface area contributed by atoms with E-state index in [1.807, 2.05) is 6.92 Å². The molecule has 0 heterocycles. The summed E-state index contributed by atoms with van der Waals surface area (Å²) in [5.41, 5.74) is 4.99. The van der Waals surface area contributed by atoms with Crippen molar-refractivity contribution in [1.82, 2.24) is 0 Å². The monoisotopic (exact) mass is 341 g/mol. The fourth-order valence-electron chi connectivity index (χ4n) is 1.78. The topological polar surface area (TPSA) is 60.0 Å². The van der Waals surface area contributed by atoms with Crippen molar-refractivity contribution in [1.29, 1.82) is 0 Å². The molecule has 0 saturated carbocycles. The third-order valence-corrected chi connectivity index (χ3v) is 3.10. The van der Waals surface area contributed by atoms with Gasteiger partial charge in [0.05, 0.1) is 12.3 Å². The Labute approximate surface area is 136 Å². The van der Waals surface area contributed by atoms with Crippen LogP contribution >= 0.6 is 0 Å². The van der Waals surface area contributed by atoms with E-state index in [0.717, 1.165) is 0 Å². The maximum absolute atomic E-state index is 13.9. The molecule has 0 unspecified atom stereocenters. The fraction of sp³-hybridized carbons (Fsp3) is 0.250. The van der Waals surface area contributed by atoms with Crippen molar-refractivity contribution in [2.75, 3.05) is 12.3 Å². The maximum atomic E-state index is 13.9. The second kappa shape index (κ2) is 7.76. The molecule has 0 atom stereocenters. The molecule has 2 aromatic rings. The van der Waals surface area contributed by atoms with E-state index in [4.69, 9.17) is 10.5 Å². The molecule has 4 nitrogen and oxygen atoms in total. The number of azo groups is 1. The Balaban J connectivity index is 2.35. The van der Waals surface area contributed by atoms with Crippen molar-refractivity contribution in [3.05, 3.63) is 47.5 Å². The standard InChI is InChI=1S/C16H15F4N3O/c1-2-3-8-24-16-13(19)11(17)15(12(18)14(16)20)23-22-10-6-4-9(21)5-7-10/h4-7H,2-3,8,21H2,1H3. The van der Waals surface area contributed by atoms with Gasteiger partial charge in [0.1, 0.15) is 0 Å². The first kappa shape index (κ1) is 17.7. The van der Waals surface area contributed by atoms with Gasteiger partial charge >= 0.3 is 0 Å². The van der Waals surface area contributed by atoms with E-state index in [2.05, 4.69) is 10.2 Å². The molecule has 24 heavy (non-hydrogen) atoms. The van der Waals surface area contributed by atoms with Gasteiger partial charge in [0.15, 0.2) is 23.1 Å². The molecule has 0 amide bonds. The average molecular weight is 341 g/mol. The number of nitrogens with zero attached hydrogens (tertiary/aromatic N) is 2. The summed E-state index contributed by atoms with van der Waals surface area (Å²) < 4.78 is 60.4. The van der Waals surface area contributed by atoms with Gasteiger partial charge in [-0.1, -0.05) is 13.3 Å². The first-order valence-electron chi connectivity index (χ1n) is 7.21. The van der Waals surface area contributed by atoms with Gasteiger partial charge in [0.25, 0.3) is 0 Å². The zero-order valence-corrected chi connectivity index (χ0v) is 12.8. The number of hydrogen-bond acceptors (Lipinski definition) is 4. The molecule has 0 bridgehead atoms. The molecule has 2 rings (SSSR count). The number of nitrogens with two attached hydrogens (primary N) is 1. The Kier molecular flexibility index (Phi) is 5.73. The summed E-state index contributed by atoms with van der Waals surface area (Å²) in [4.78, 5) is 0. The predicted molar refractivity (Wildman–Crippen MR) is 81.7 cm³/mol. The van der Waals surface area contributed by atoms with Crippen LogP contribution in [0.4, 0.5) is 34.6 Å². The molecule has 0 aliphatic carbocycles. The van der Waals surface area contributed by atoms with E-state index < -0.39 is 34.7 Å². The Morgan fingerprint density at radius 3 is 2.04 bits per heavy atom. The first-order valence-corrected chi connectivity index (χ1v) is 7.21. The zero-order chi connectivity index (χ0) is 17.7. The Bertz CT molecular complexity index is 719. The maximum Gasteiger partial charge on any atom is 0.206 e. The van der Waals surface area contributed by atoms with E-state index >= 15 is 0 Å². The van der Waals surface area contributed by atoms with Crippen molar-refractivity contribution in [3.63, 3.8) is 0 Å². The Morgan fingerprint density at radius 2 is 1.50 bits per heavy atom. The van der Waals surface area contributed by atoms with Crippen molar-refractivity contribution in [2.24, 2.45) is 10.2 Å². The molecular weight excluding hydrogens is 326 g/mol. The smallest absolute Gasteiger partial charge is 0.206 e. The summed E-state index contributed by atoms with van der Waals surface area (Å²) >= 11 is 0. The summed E-state index contributed by atoms with van der Waals surface area (Å²) in [6, 6.07) is 5.85. The van der Waals surface area contributed by atoms with Crippen molar-refractivity contribution >= 4 is 17.1 Å². The molecule has 0 aliphatic heterocycles. The number of rotatable bonds is 6. The molecule has 0 spiro atoms. The normalized spacial score (nSPS) is 11.2. The lowest BCUT2D eigenvalue weighted by Crippen LogP contribution is -2.05. The van der Waals surface area contributed by atoms with Crippen LogP contribution in [0, 0.1) is 23.3 Å². The number of nitrogen functional groups attached to an aromatic ring is 1. The molecule has 8 heteroatoms.